The van der Waals surface area contributed by atoms with E-state index in [1.165, 1.54) is 6.33 Å². The first kappa shape index (κ1) is 22.3. The molecular weight excluding hydrogens is 418 g/mol. The number of fused-ring (bicyclic) bond motifs is 1. The number of carbonyl (C=O) groups excluding carboxylic acids is 2. The summed E-state index contributed by atoms with van der Waals surface area (Å²) < 4.78 is 7.07. The van der Waals surface area contributed by atoms with Crippen LogP contribution in [0.1, 0.15) is 36.6 Å². The summed E-state index contributed by atoms with van der Waals surface area (Å²) in [5.41, 5.74) is 4.07. The summed E-state index contributed by atoms with van der Waals surface area (Å²) in [6.45, 7) is 6.26. The van der Waals surface area contributed by atoms with E-state index in [0.29, 0.717) is 23.8 Å². The number of aryl methyl sites for hydroxylation is 1. The second-order valence-corrected chi connectivity index (χ2v) is 7.89. The van der Waals surface area contributed by atoms with Crippen LogP contribution in [-0.4, -0.2) is 39.8 Å². The molecule has 1 amide bonds. The maximum absolute atomic E-state index is 13.1. The van der Waals surface area contributed by atoms with Crippen LogP contribution >= 0.6 is 0 Å². The Labute approximate surface area is 192 Å². The summed E-state index contributed by atoms with van der Waals surface area (Å²) in [6, 6.07) is 17.1. The third kappa shape index (κ3) is 4.64. The first-order valence-corrected chi connectivity index (χ1v) is 10.9. The average molecular weight is 446 g/mol. The van der Waals surface area contributed by atoms with Gasteiger partial charge in [0.15, 0.2) is 0 Å². The number of hydrogen-bond acceptors (Lipinski definition) is 6. The number of nitrogens with zero attached hydrogens (tertiary/aromatic N) is 4. The molecule has 1 N–H and O–H groups in total. The lowest BCUT2D eigenvalue weighted by Gasteiger charge is -2.35. The van der Waals surface area contributed by atoms with Crippen LogP contribution in [0.4, 0.5) is 5.95 Å². The number of aromatic nitrogens is 3. The largest absolute Gasteiger partial charge is 0.463 e. The Bertz CT molecular complexity index is 1170. The molecule has 2 aromatic carbocycles. The van der Waals surface area contributed by atoms with Crippen molar-refractivity contribution in [1.82, 2.24) is 20.1 Å². The van der Waals surface area contributed by atoms with E-state index in [1.807, 2.05) is 68.4 Å². The van der Waals surface area contributed by atoms with Crippen LogP contribution in [0.15, 0.2) is 72.2 Å². The highest BCUT2D eigenvalue weighted by Crippen LogP contribution is 2.38. The van der Waals surface area contributed by atoms with Crippen LogP contribution in [0.25, 0.3) is 0 Å². The summed E-state index contributed by atoms with van der Waals surface area (Å²) in [5.74, 6) is -0.123. The highest BCUT2D eigenvalue weighted by molar-refractivity contribution is 5.93. The Hall–Kier alpha value is -3.94. The molecule has 8 nitrogen and oxygen atoms in total. The predicted molar refractivity (Wildman–Crippen MR) is 124 cm³/mol. The minimum atomic E-state index is -0.495. The van der Waals surface area contributed by atoms with E-state index in [0.717, 1.165) is 16.7 Å². The van der Waals surface area contributed by atoms with Gasteiger partial charge in [-0.05, 0) is 31.9 Å². The number of hydrogen-bond donors (Lipinski definition) is 1. The number of rotatable bonds is 7. The Kier molecular flexibility index (Phi) is 6.53. The molecule has 0 unspecified atom stereocenters. The Balaban J connectivity index is 1.67. The highest BCUT2D eigenvalue weighted by atomic mass is 16.5. The van der Waals surface area contributed by atoms with Gasteiger partial charge in [0.1, 0.15) is 18.9 Å². The zero-order chi connectivity index (χ0) is 23.4. The van der Waals surface area contributed by atoms with Gasteiger partial charge < -0.3 is 15.0 Å². The normalized spacial score (nSPS) is 15.2. The maximum atomic E-state index is 13.1. The van der Waals surface area contributed by atoms with E-state index in [-0.39, 0.29) is 19.1 Å². The minimum Gasteiger partial charge on any atom is -0.463 e. The van der Waals surface area contributed by atoms with Crippen molar-refractivity contribution < 1.29 is 14.3 Å². The summed E-state index contributed by atoms with van der Waals surface area (Å²) in [6.07, 6.45) is 1.44. The molecule has 4 rings (SSSR count). The van der Waals surface area contributed by atoms with E-state index in [4.69, 9.17) is 4.74 Å². The van der Waals surface area contributed by atoms with Crippen molar-refractivity contribution in [2.24, 2.45) is 0 Å². The van der Waals surface area contributed by atoms with E-state index in [9.17, 15) is 9.59 Å². The molecule has 33 heavy (non-hydrogen) atoms. The van der Waals surface area contributed by atoms with Gasteiger partial charge in [0, 0.05) is 12.2 Å². The smallest absolute Gasteiger partial charge is 0.338 e. The van der Waals surface area contributed by atoms with Gasteiger partial charge in [0.2, 0.25) is 11.9 Å². The van der Waals surface area contributed by atoms with E-state index in [1.54, 1.807) is 16.5 Å². The molecule has 0 spiro atoms. The first-order chi connectivity index (χ1) is 16.0. The SMILES string of the molecule is CCOC(=O)C1=C(C)N(CC(=O)NCc2ccccc2)c2ncnn2[C@@H]1c1ccc(C)cc1. The molecule has 0 saturated carbocycles. The van der Waals surface area contributed by atoms with Gasteiger partial charge in [-0.2, -0.15) is 10.1 Å². The number of anilines is 1. The number of esters is 1. The van der Waals surface area contributed by atoms with Crippen molar-refractivity contribution in [1.29, 1.82) is 0 Å². The van der Waals surface area contributed by atoms with Crippen LogP contribution in [0.5, 0.6) is 0 Å². The highest BCUT2D eigenvalue weighted by Gasteiger charge is 2.38. The number of amides is 1. The van der Waals surface area contributed by atoms with Crippen molar-refractivity contribution in [3.63, 3.8) is 0 Å². The van der Waals surface area contributed by atoms with Crippen LogP contribution in [0.2, 0.25) is 0 Å². The van der Waals surface area contributed by atoms with E-state index in [2.05, 4.69) is 15.4 Å². The fraction of sp³-hybridized carbons (Fsp3) is 0.280. The van der Waals surface area contributed by atoms with Gasteiger partial charge >= 0.3 is 5.97 Å². The molecule has 0 aliphatic carbocycles. The summed E-state index contributed by atoms with van der Waals surface area (Å²) in [7, 11) is 0. The number of ether oxygens (including phenoxy) is 1. The second kappa shape index (κ2) is 9.68. The molecule has 3 aromatic rings. The molecule has 170 valence electrons. The molecule has 1 aliphatic heterocycles. The minimum absolute atomic E-state index is 0.000876. The van der Waals surface area contributed by atoms with Crippen molar-refractivity contribution in [2.75, 3.05) is 18.1 Å². The van der Waals surface area contributed by atoms with Crippen LogP contribution < -0.4 is 10.2 Å². The first-order valence-electron chi connectivity index (χ1n) is 10.9. The molecular formula is C25H27N5O3. The van der Waals surface area contributed by atoms with Gasteiger partial charge in [-0.15, -0.1) is 0 Å². The van der Waals surface area contributed by atoms with Crippen LogP contribution in [-0.2, 0) is 20.9 Å². The van der Waals surface area contributed by atoms with Gasteiger partial charge in [-0.3, -0.25) is 4.79 Å². The molecule has 0 fully saturated rings. The molecule has 0 bridgehead atoms. The summed E-state index contributed by atoms with van der Waals surface area (Å²) in [5, 5.41) is 7.34. The summed E-state index contributed by atoms with van der Waals surface area (Å²) in [4.78, 5) is 32.0. The van der Waals surface area contributed by atoms with Crippen LogP contribution in [0.3, 0.4) is 0 Å². The fourth-order valence-electron chi connectivity index (χ4n) is 3.95. The number of carbonyl (C=O) groups is 2. The maximum Gasteiger partial charge on any atom is 0.338 e. The fourth-order valence-corrected chi connectivity index (χ4v) is 3.95. The quantitative estimate of drug-likeness (QED) is 0.562. The van der Waals surface area contributed by atoms with Crippen molar-refractivity contribution in [3.8, 4) is 0 Å². The summed E-state index contributed by atoms with van der Waals surface area (Å²) >= 11 is 0. The predicted octanol–water partition coefficient (Wildman–Crippen LogP) is 3.15. The third-order valence-electron chi connectivity index (χ3n) is 5.63. The number of benzene rings is 2. The zero-order valence-electron chi connectivity index (χ0n) is 19.0. The van der Waals surface area contributed by atoms with Crippen LogP contribution in [0, 0.1) is 6.92 Å². The van der Waals surface area contributed by atoms with Crippen molar-refractivity contribution in [2.45, 2.75) is 33.4 Å². The molecule has 0 saturated heterocycles. The van der Waals surface area contributed by atoms with Crippen molar-refractivity contribution >= 4 is 17.8 Å². The number of allylic oxidation sites excluding steroid dienone is 1. The van der Waals surface area contributed by atoms with Gasteiger partial charge in [-0.1, -0.05) is 60.2 Å². The van der Waals surface area contributed by atoms with Crippen molar-refractivity contribution in [3.05, 3.63) is 88.9 Å². The Morgan fingerprint density at radius 2 is 1.79 bits per heavy atom. The third-order valence-corrected chi connectivity index (χ3v) is 5.63. The van der Waals surface area contributed by atoms with E-state index < -0.39 is 12.0 Å². The van der Waals surface area contributed by atoms with Gasteiger partial charge in [0.05, 0.1) is 12.2 Å². The van der Waals surface area contributed by atoms with Gasteiger partial charge in [-0.25, -0.2) is 9.48 Å². The monoisotopic (exact) mass is 445 g/mol. The standard InChI is InChI=1S/C25H27N5O3/c1-4-33-24(32)22-18(3)29(15-21(31)26-14-19-8-6-5-7-9-19)25-27-16-28-30(25)23(22)20-12-10-17(2)11-13-20/h5-13,16,23H,4,14-15H2,1-3H3,(H,26,31)/t23-/m1/s1. The molecule has 2 heterocycles. The Morgan fingerprint density at radius 1 is 1.06 bits per heavy atom. The molecule has 8 heteroatoms. The average Bonchev–Trinajstić information content (AvgIpc) is 3.30. The van der Waals surface area contributed by atoms with E-state index >= 15 is 0 Å². The molecule has 1 aromatic heterocycles. The number of nitrogens with one attached hydrogen (secondary N) is 1. The molecule has 0 radical (unpaired) electrons. The Morgan fingerprint density at radius 3 is 2.48 bits per heavy atom. The second-order valence-electron chi connectivity index (χ2n) is 7.89. The molecule has 1 atom stereocenters. The zero-order valence-corrected chi connectivity index (χ0v) is 19.0. The molecule has 1 aliphatic rings. The van der Waals surface area contributed by atoms with Gasteiger partial charge in [0.25, 0.3) is 0 Å². The lowest BCUT2D eigenvalue weighted by atomic mass is 9.94. The lowest BCUT2D eigenvalue weighted by Crippen LogP contribution is -2.42. The topological polar surface area (TPSA) is 89.3 Å². The lowest BCUT2D eigenvalue weighted by molar-refractivity contribution is -0.139.